The van der Waals surface area contributed by atoms with Gasteiger partial charge in [-0.05, 0) is 38.1 Å². The Morgan fingerprint density at radius 1 is 1.17 bits per heavy atom. The van der Waals surface area contributed by atoms with Crippen LogP contribution in [0, 0.1) is 0 Å². The number of carbonyl (C=O) groups excluding carboxylic acids is 3. The van der Waals surface area contributed by atoms with Crippen LogP contribution in [0.4, 0.5) is 11.4 Å². The van der Waals surface area contributed by atoms with Gasteiger partial charge in [0.25, 0.3) is 5.91 Å². The number of likely N-dealkylation sites (N-methyl/N-ethyl adjacent to an activating group) is 1. The maximum Gasteiger partial charge on any atom is 0.344 e. The Bertz CT molecular complexity index is 964. The van der Waals surface area contributed by atoms with Gasteiger partial charge in [-0.15, -0.1) is 0 Å². The Kier molecular flexibility index (Phi) is 5.08. The zero-order valence-corrected chi connectivity index (χ0v) is 17.1. The summed E-state index contributed by atoms with van der Waals surface area (Å²) in [7, 11) is 0. The van der Waals surface area contributed by atoms with Crippen molar-refractivity contribution in [1.29, 1.82) is 0 Å². The number of fused-ring (bicyclic) bond motifs is 3. The molecule has 2 aromatic carbocycles. The van der Waals surface area contributed by atoms with E-state index in [-0.39, 0.29) is 18.2 Å². The quantitative estimate of drug-likeness (QED) is 0.705. The van der Waals surface area contributed by atoms with Gasteiger partial charge in [0, 0.05) is 30.0 Å². The maximum atomic E-state index is 13.2. The van der Waals surface area contributed by atoms with Crippen LogP contribution in [0.1, 0.15) is 26.7 Å². The van der Waals surface area contributed by atoms with Crippen molar-refractivity contribution >= 4 is 40.9 Å². The molecule has 6 nitrogen and oxygen atoms in total. The molecule has 0 aromatic heterocycles. The van der Waals surface area contributed by atoms with Crippen LogP contribution < -0.4 is 9.80 Å². The molecule has 0 radical (unpaired) electrons. The van der Waals surface area contributed by atoms with Crippen LogP contribution in [0.2, 0.25) is 0 Å². The minimum Gasteiger partial charge on any atom is -0.450 e. The lowest BCUT2D eigenvalue weighted by molar-refractivity contribution is -0.156. The highest BCUT2D eigenvalue weighted by atomic mass is 32.2. The summed E-state index contributed by atoms with van der Waals surface area (Å²) in [6.07, 6.45) is -0.316. The number of rotatable bonds is 5. The van der Waals surface area contributed by atoms with Crippen LogP contribution in [0.25, 0.3) is 0 Å². The van der Waals surface area contributed by atoms with Crippen LogP contribution in [0.15, 0.2) is 59.5 Å². The van der Waals surface area contributed by atoms with E-state index >= 15 is 0 Å². The number of hydrogen-bond donors (Lipinski definition) is 0. The molecule has 2 atom stereocenters. The standard InChI is InChI=1S/C22H22N2O4S/c1-3-23(16-9-5-4-6-10-16)20(26)15(2)28-21(27)22-14-13-19(25)24(22)17-11-7-8-12-18(17)29-22/h4-12,15H,3,13-14H2,1-2H3/t15-,22-/m1/s1. The van der Waals surface area contributed by atoms with Crippen molar-refractivity contribution < 1.29 is 19.1 Å². The Hall–Kier alpha value is -2.80. The number of thioether (sulfide) groups is 1. The lowest BCUT2D eigenvalue weighted by Gasteiger charge is -2.31. The average molecular weight is 410 g/mol. The first kappa shape index (κ1) is 19.5. The Labute approximate surface area is 173 Å². The third-order valence-electron chi connectivity index (χ3n) is 5.27. The molecule has 1 saturated heterocycles. The summed E-state index contributed by atoms with van der Waals surface area (Å²) in [4.78, 5) is 41.6. The van der Waals surface area contributed by atoms with Crippen molar-refractivity contribution in [2.24, 2.45) is 0 Å². The molecule has 4 rings (SSSR count). The topological polar surface area (TPSA) is 66.9 Å². The zero-order chi connectivity index (χ0) is 20.6. The van der Waals surface area contributed by atoms with Crippen LogP contribution >= 0.6 is 11.8 Å². The van der Waals surface area contributed by atoms with E-state index < -0.39 is 16.9 Å². The van der Waals surface area contributed by atoms with Gasteiger partial charge in [-0.25, -0.2) is 4.79 Å². The lowest BCUT2D eigenvalue weighted by atomic mass is 10.2. The van der Waals surface area contributed by atoms with Crippen molar-refractivity contribution in [1.82, 2.24) is 0 Å². The minimum absolute atomic E-state index is 0.0992. The smallest absolute Gasteiger partial charge is 0.344 e. The molecule has 0 unspecified atom stereocenters. The van der Waals surface area contributed by atoms with E-state index in [9.17, 15) is 14.4 Å². The number of ether oxygens (including phenoxy) is 1. The summed E-state index contributed by atoms with van der Waals surface area (Å²) in [5, 5.41) is 0. The van der Waals surface area contributed by atoms with E-state index in [0.29, 0.717) is 13.0 Å². The molecule has 0 aliphatic carbocycles. The molecule has 0 N–H and O–H groups in total. The van der Waals surface area contributed by atoms with Crippen LogP contribution in [-0.4, -0.2) is 35.3 Å². The van der Waals surface area contributed by atoms with Gasteiger partial charge in [0.05, 0.1) is 5.69 Å². The van der Waals surface area contributed by atoms with Gasteiger partial charge in [0.2, 0.25) is 5.91 Å². The number of anilines is 2. The predicted molar refractivity (Wildman–Crippen MR) is 112 cm³/mol. The van der Waals surface area contributed by atoms with Gasteiger partial charge in [0.1, 0.15) is 0 Å². The second-order valence-electron chi connectivity index (χ2n) is 7.05. The van der Waals surface area contributed by atoms with E-state index in [1.807, 2.05) is 61.5 Å². The van der Waals surface area contributed by atoms with Crippen molar-refractivity contribution in [2.45, 2.75) is 42.6 Å². The first-order valence-electron chi connectivity index (χ1n) is 9.66. The number of hydrogen-bond acceptors (Lipinski definition) is 5. The average Bonchev–Trinajstić information content (AvgIpc) is 3.25. The predicted octanol–water partition coefficient (Wildman–Crippen LogP) is 3.60. The third-order valence-corrected chi connectivity index (χ3v) is 6.73. The molecule has 1 fully saturated rings. The highest BCUT2D eigenvalue weighted by Crippen LogP contribution is 2.56. The fourth-order valence-electron chi connectivity index (χ4n) is 3.87. The largest absolute Gasteiger partial charge is 0.450 e. The normalized spacial score (nSPS) is 20.8. The minimum atomic E-state index is -1.13. The van der Waals surface area contributed by atoms with Crippen molar-refractivity contribution in [3.05, 3.63) is 54.6 Å². The molecule has 29 heavy (non-hydrogen) atoms. The Morgan fingerprint density at radius 3 is 2.59 bits per heavy atom. The van der Waals surface area contributed by atoms with Crippen LogP contribution in [0.5, 0.6) is 0 Å². The number of esters is 1. The first-order chi connectivity index (χ1) is 14.0. The van der Waals surface area contributed by atoms with E-state index in [4.69, 9.17) is 4.74 Å². The van der Waals surface area contributed by atoms with Crippen LogP contribution in [0.3, 0.4) is 0 Å². The first-order valence-corrected chi connectivity index (χ1v) is 10.5. The Morgan fingerprint density at radius 2 is 1.86 bits per heavy atom. The maximum absolute atomic E-state index is 13.2. The fraction of sp³-hybridized carbons (Fsp3) is 0.318. The molecular weight excluding hydrogens is 388 g/mol. The number of benzene rings is 2. The second kappa shape index (κ2) is 7.55. The van der Waals surface area contributed by atoms with Gasteiger partial charge < -0.3 is 9.64 Å². The van der Waals surface area contributed by atoms with Crippen LogP contribution in [-0.2, 0) is 19.1 Å². The van der Waals surface area contributed by atoms with Crippen molar-refractivity contribution in [3.8, 4) is 0 Å². The molecular formula is C22H22N2O4S. The van der Waals surface area contributed by atoms with Gasteiger partial charge in [0.15, 0.2) is 11.0 Å². The van der Waals surface area contributed by atoms with Gasteiger partial charge in [-0.1, -0.05) is 42.1 Å². The zero-order valence-electron chi connectivity index (χ0n) is 16.3. The summed E-state index contributed by atoms with van der Waals surface area (Å²) in [5.41, 5.74) is 1.48. The molecule has 2 heterocycles. The fourth-order valence-corrected chi connectivity index (χ4v) is 5.27. The molecule has 0 bridgehead atoms. The molecule has 2 aliphatic heterocycles. The van der Waals surface area contributed by atoms with E-state index in [1.54, 1.807) is 16.7 Å². The summed E-state index contributed by atoms with van der Waals surface area (Å²) < 4.78 is 5.64. The Balaban J connectivity index is 1.55. The SMILES string of the molecule is CCN(C(=O)[C@@H](C)OC(=O)[C@]12CCC(=O)N1c1ccccc1S2)c1ccccc1. The van der Waals surface area contributed by atoms with E-state index in [0.717, 1.165) is 16.3 Å². The molecule has 2 amide bonds. The summed E-state index contributed by atoms with van der Waals surface area (Å²) in [6, 6.07) is 16.7. The van der Waals surface area contributed by atoms with Gasteiger partial charge in [-0.3, -0.25) is 14.5 Å². The highest BCUT2D eigenvalue weighted by molar-refractivity contribution is 8.02. The summed E-state index contributed by atoms with van der Waals surface area (Å²) >= 11 is 1.34. The molecule has 0 spiro atoms. The molecule has 7 heteroatoms. The van der Waals surface area contributed by atoms with Gasteiger partial charge in [-0.2, -0.15) is 0 Å². The summed E-state index contributed by atoms with van der Waals surface area (Å²) in [5.74, 6) is -0.938. The molecule has 150 valence electrons. The number of amides is 2. The number of nitrogens with zero attached hydrogens (tertiary/aromatic N) is 2. The molecule has 2 aliphatic rings. The number of para-hydroxylation sites is 2. The van der Waals surface area contributed by atoms with Crippen molar-refractivity contribution in [3.63, 3.8) is 0 Å². The summed E-state index contributed by atoms with van der Waals surface area (Å²) in [6.45, 7) is 3.91. The van der Waals surface area contributed by atoms with E-state index in [2.05, 4.69) is 0 Å². The van der Waals surface area contributed by atoms with E-state index in [1.165, 1.54) is 11.8 Å². The second-order valence-corrected chi connectivity index (χ2v) is 8.37. The number of carbonyl (C=O) groups is 3. The van der Waals surface area contributed by atoms with Gasteiger partial charge >= 0.3 is 5.97 Å². The lowest BCUT2D eigenvalue weighted by Crippen LogP contribution is -2.50. The highest BCUT2D eigenvalue weighted by Gasteiger charge is 2.59. The molecule has 2 aromatic rings. The van der Waals surface area contributed by atoms with Crippen molar-refractivity contribution in [2.75, 3.05) is 16.3 Å². The molecule has 0 saturated carbocycles. The third kappa shape index (κ3) is 3.19. The monoisotopic (exact) mass is 410 g/mol.